The van der Waals surface area contributed by atoms with E-state index in [0.717, 1.165) is 25.7 Å². The summed E-state index contributed by atoms with van der Waals surface area (Å²) >= 11 is 0. The van der Waals surface area contributed by atoms with E-state index in [4.69, 9.17) is 9.47 Å². The zero-order valence-electron chi connectivity index (χ0n) is 10.6. The molecule has 2 fully saturated rings. The summed E-state index contributed by atoms with van der Waals surface area (Å²) in [5, 5.41) is 0. The fourth-order valence-corrected chi connectivity index (χ4v) is 2.37. The predicted molar refractivity (Wildman–Crippen MR) is 62.1 cm³/mol. The van der Waals surface area contributed by atoms with Gasteiger partial charge in [-0.3, -0.25) is 4.90 Å². The second-order valence-corrected chi connectivity index (χ2v) is 4.60. The van der Waals surface area contributed by atoms with Crippen LogP contribution in [0.25, 0.3) is 0 Å². The highest BCUT2D eigenvalue weighted by molar-refractivity contribution is 5.81. The maximum atomic E-state index is 12.0. The highest BCUT2D eigenvalue weighted by Gasteiger charge is 2.35. The topological polar surface area (TPSA) is 65.1 Å². The molecule has 1 unspecified atom stereocenters. The minimum absolute atomic E-state index is 0.00126. The number of ether oxygens (including phenoxy) is 3. The van der Waals surface area contributed by atoms with Crippen LogP contribution in [0.5, 0.6) is 0 Å². The first-order valence-electron chi connectivity index (χ1n) is 6.35. The molecule has 0 spiro atoms. The summed E-state index contributed by atoms with van der Waals surface area (Å²) < 4.78 is 15.3. The Morgan fingerprint density at radius 2 is 2.00 bits per heavy atom. The lowest BCUT2D eigenvalue weighted by molar-refractivity contribution is -0.152. The summed E-state index contributed by atoms with van der Waals surface area (Å²) in [5.74, 6) is -0.460. The van der Waals surface area contributed by atoms with E-state index < -0.39 is 18.1 Å². The summed E-state index contributed by atoms with van der Waals surface area (Å²) in [7, 11) is 1.30. The Morgan fingerprint density at radius 1 is 1.28 bits per heavy atom. The molecular weight excluding hydrogens is 238 g/mol. The summed E-state index contributed by atoms with van der Waals surface area (Å²) in [6.45, 7) is 0.963. The molecule has 1 aliphatic heterocycles. The van der Waals surface area contributed by atoms with Crippen LogP contribution in [0.15, 0.2) is 0 Å². The van der Waals surface area contributed by atoms with Crippen LogP contribution < -0.4 is 0 Å². The van der Waals surface area contributed by atoms with Gasteiger partial charge in [0.15, 0.2) is 6.04 Å². The first-order valence-corrected chi connectivity index (χ1v) is 6.35. The van der Waals surface area contributed by atoms with Crippen molar-refractivity contribution in [1.82, 2.24) is 4.90 Å². The molecule has 18 heavy (non-hydrogen) atoms. The van der Waals surface area contributed by atoms with E-state index in [1.807, 2.05) is 0 Å². The van der Waals surface area contributed by atoms with Gasteiger partial charge in [0, 0.05) is 6.54 Å². The fraction of sp³-hybridized carbons (Fsp3) is 0.833. The van der Waals surface area contributed by atoms with E-state index in [1.54, 1.807) is 0 Å². The zero-order valence-corrected chi connectivity index (χ0v) is 10.6. The summed E-state index contributed by atoms with van der Waals surface area (Å²) in [5.41, 5.74) is 0. The minimum Gasteiger partial charge on any atom is -0.467 e. The van der Waals surface area contributed by atoms with Crippen molar-refractivity contribution in [2.24, 2.45) is 0 Å². The number of hydrogen-bond acceptors (Lipinski definition) is 5. The van der Waals surface area contributed by atoms with Gasteiger partial charge in [0.2, 0.25) is 0 Å². The second kappa shape index (κ2) is 6.04. The van der Waals surface area contributed by atoms with Gasteiger partial charge in [-0.25, -0.2) is 9.59 Å². The monoisotopic (exact) mass is 257 g/mol. The molecule has 6 nitrogen and oxygen atoms in total. The Balaban J connectivity index is 1.94. The number of methoxy groups -OCH3 is 1. The molecule has 2 rings (SSSR count). The van der Waals surface area contributed by atoms with E-state index in [-0.39, 0.29) is 12.7 Å². The van der Waals surface area contributed by atoms with Crippen LogP contribution in [0.2, 0.25) is 0 Å². The van der Waals surface area contributed by atoms with Gasteiger partial charge in [0.05, 0.1) is 20.3 Å². The van der Waals surface area contributed by atoms with Crippen LogP contribution in [-0.2, 0) is 19.0 Å². The van der Waals surface area contributed by atoms with E-state index in [1.165, 1.54) is 12.0 Å². The molecule has 6 heteroatoms. The molecule has 0 aromatic heterocycles. The standard InChI is InChI=1S/C12H19NO5/c1-16-11(14)10-8-17-7-6-13(10)12(15)18-9-4-2-3-5-9/h9-10H,2-8H2,1H3. The van der Waals surface area contributed by atoms with Crippen molar-refractivity contribution in [3.05, 3.63) is 0 Å². The molecule has 0 aromatic rings. The third kappa shape index (κ3) is 2.93. The third-order valence-electron chi connectivity index (χ3n) is 3.41. The van der Waals surface area contributed by atoms with Gasteiger partial charge in [-0.1, -0.05) is 0 Å². The Kier molecular flexibility index (Phi) is 4.41. The first kappa shape index (κ1) is 13.1. The molecule has 1 saturated carbocycles. The number of amides is 1. The van der Waals surface area contributed by atoms with Gasteiger partial charge in [-0.2, -0.15) is 0 Å². The maximum absolute atomic E-state index is 12.0. The molecule has 2 aliphatic rings. The van der Waals surface area contributed by atoms with Crippen molar-refractivity contribution >= 4 is 12.1 Å². The Hall–Kier alpha value is -1.30. The maximum Gasteiger partial charge on any atom is 0.410 e. The quantitative estimate of drug-likeness (QED) is 0.689. The van der Waals surface area contributed by atoms with Crippen LogP contribution >= 0.6 is 0 Å². The Bertz CT molecular complexity index is 314. The summed E-state index contributed by atoms with van der Waals surface area (Å²) in [6.07, 6.45) is 3.60. The predicted octanol–water partition coefficient (Wildman–Crippen LogP) is 0.939. The molecule has 0 N–H and O–H groups in total. The Labute approximate surface area is 106 Å². The number of esters is 1. The highest BCUT2D eigenvalue weighted by atomic mass is 16.6. The average Bonchev–Trinajstić information content (AvgIpc) is 2.90. The van der Waals surface area contributed by atoms with Crippen molar-refractivity contribution in [3.8, 4) is 0 Å². The van der Waals surface area contributed by atoms with Crippen LogP contribution in [0.3, 0.4) is 0 Å². The van der Waals surface area contributed by atoms with Crippen molar-refractivity contribution in [3.63, 3.8) is 0 Å². The van der Waals surface area contributed by atoms with Crippen LogP contribution in [0, 0.1) is 0 Å². The first-order chi connectivity index (χ1) is 8.72. The SMILES string of the molecule is COC(=O)C1COCCN1C(=O)OC1CCCC1. The van der Waals surface area contributed by atoms with Gasteiger partial charge in [0.1, 0.15) is 6.10 Å². The lowest BCUT2D eigenvalue weighted by atomic mass is 10.2. The van der Waals surface area contributed by atoms with Crippen LogP contribution in [-0.4, -0.2) is 56.0 Å². The largest absolute Gasteiger partial charge is 0.467 e. The molecule has 0 aromatic carbocycles. The highest BCUT2D eigenvalue weighted by Crippen LogP contribution is 2.22. The smallest absolute Gasteiger partial charge is 0.410 e. The second-order valence-electron chi connectivity index (χ2n) is 4.60. The van der Waals surface area contributed by atoms with Crippen molar-refractivity contribution in [2.75, 3.05) is 26.9 Å². The summed E-state index contributed by atoms with van der Waals surface area (Å²) in [6, 6.07) is -0.683. The van der Waals surface area contributed by atoms with Crippen LogP contribution in [0.4, 0.5) is 4.79 Å². The van der Waals surface area contributed by atoms with Gasteiger partial charge in [-0.05, 0) is 25.7 Å². The van der Waals surface area contributed by atoms with E-state index in [9.17, 15) is 9.59 Å². The molecule has 0 radical (unpaired) electrons. The number of hydrogen-bond donors (Lipinski definition) is 0. The number of carbonyl (C=O) groups is 2. The molecule has 0 bridgehead atoms. The van der Waals surface area contributed by atoms with Crippen molar-refractivity contribution in [1.29, 1.82) is 0 Å². The van der Waals surface area contributed by atoms with Crippen molar-refractivity contribution in [2.45, 2.75) is 37.8 Å². The Morgan fingerprint density at radius 3 is 2.67 bits per heavy atom. The molecular formula is C12H19NO5. The van der Waals surface area contributed by atoms with E-state index in [2.05, 4.69) is 4.74 Å². The molecule has 1 aliphatic carbocycles. The number of carbonyl (C=O) groups excluding carboxylic acids is 2. The number of morpholine rings is 1. The van der Waals surface area contributed by atoms with E-state index in [0.29, 0.717) is 13.2 Å². The van der Waals surface area contributed by atoms with E-state index >= 15 is 0 Å². The molecule has 1 amide bonds. The van der Waals surface area contributed by atoms with Crippen LogP contribution in [0.1, 0.15) is 25.7 Å². The van der Waals surface area contributed by atoms with Gasteiger partial charge < -0.3 is 14.2 Å². The molecule has 1 heterocycles. The zero-order chi connectivity index (χ0) is 13.0. The number of rotatable bonds is 2. The lowest BCUT2D eigenvalue weighted by Gasteiger charge is -2.33. The molecule has 102 valence electrons. The summed E-state index contributed by atoms with van der Waals surface area (Å²) in [4.78, 5) is 25.0. The normalized spacial score (nSPS) is 24.9. The third-order valence-corrected chi connectivity index (χ3v) is 3.41. The molecule has 1 atom stereocenters. The van der Waals surface area contributed by atoms with Gasteiger partial charge in [0.25, 0.3) is 0 Å². The molecule has 1 saturated heterocycles. The average molecular weight is 257 g/mol. The van der Waals surface area contributed by atoms with Gasteiger partial charge in [-0.15, -0.1) is 0 Å². The lowest BCUT2D eigenvalue weighted by Crippen LogP contribution is -2.53. The number of nitrogens with zero attached hydrogens (tertiary/aromatic N) is 1. The fourth-order valence-electron chi connectivity index (χ4n) is 2.37. The minimum atomic E-state index is -0.683. The van der Waals surface area contributed by atoms with Crippen molar-refractivity contribution < 1.29 is 23.8 Å². The van der Waals surface area contributed by atoms with Gasteiger partial charge >= 0.3 is 12.1 Å².